The van der Waals surface area contributed by atoms with Crippen LogP contribution in [0.5, 0.6) is 0 Å². The summed E-state index contributed by atoms with van der Waals surface area (Å²) in [5.41, 5.74) is 7.48. The van der Waals surface area contributed by atoms with Crippen molar-refractivity contribution in [1.29, 1.82) is 0 Å². The van der Waals surface area contributed by atoms with Gasteiger partial charge in [-0.2, -0.15) is 5.10 Å². The molecule has 0 aliphatic carbocycles. The maximum Gasteiger partial charge on any atom is 0.228 e. The van der Waals surface area contributed by atoms with Crippen LogP contribution in [-0.2, 0) is 18.3 Å². The largest absolute Gasteiger partial charge is 0.323 e. The SMILES string of the molecule is Cc1nn(C)c(C)c1NC(=O)Cc1ccc(-c2cccc(C3CCNCC3)c2)cc1. The van der Waals surface area contributed by atoms with Crippen LogP contribution in [0.25, 0.3) is 11.1 Å². The molecule has 1 saturated heterocycles. The Hall–Kier alpha value is -2.92. The van der Waals surface area contributed by atoms with E-state index in [-0.39, 0.29) is 5.91 Å². The van der Waals surface area contributed by atoms with Gasteiger partial charge in [0.25, 0.3) is 0 Å². The number of anilines is 1. The zero-order valence-electron chi connectivity index (χ0n) is 18.0. The molecule has 5 heteroatoms. The number of benzene rings is 2. The van der Waals surface area contributed by atoms with Crippen LogP contribution in [0.1, 0.15) is 41.3 Å². The van der Waals surface area contributed by atoms with Crippen LogP contribution in [-0.4, -0.2) is 28.8 Å². The highest BCUT2D eigenvalue weighted by Gasteiger charge is 2.16. The average molecular weight is 403 g/mol. The van der Waals surface area contributed by atoms with Gasteiger partial charge in [-0.15, -0.1) is 0 Å². The molecule has 4 rings (SSSR count). The second-order valence-electron chi connectivity index (χ2n) is 8.24. The van der Waals surface area contributed by atoms with E-state index in [0.29, 0.717) is 12.3 Å². The summed E-state index contributed by atoms with van der Waals surface area (Å²) in [5.74, 6) is 0.628. The van der Waals surface area contributed by atoms with Gasteiger partial charge in [-0.25, -0.2) is 0 Å². The molecule has 5 nitrogen and oxygen atoms in total. The Kier molecular flexibility index (Phi) is 6.00. The van der Waals surface area contributed by atoms with Crippen LogP contribution >= 0.6 is 0 Å². The second kappa shape index (κ2) is 8.84. The van der Waals surface area contributed by atoms with E-state index in [0.717, 1.165) is 35.7 Å². The number of piperidine rings is 1. The molecule has 1 amide bonds. The van der Waals surface area contributed by atoms with Gasteiger partial charge in [0.1, 0.15) is 0 Å². The van der Waals surface area contributed by atoms with E-state index in [1.165, 1.54) is 29.5 Å². The lowest BCUT2D eigenvalue weighted by Crippen LogP contribution is -2.26. The maximum absolute atomic E-state index is 12.5. The highest BCUT2D eigenvalue weighted by molar-refractivity contribution is 5.93. The first-order valence-corrected chi connectivity index (χ1v) is 10.7. The van der Waals surface area contributed by atoms with Crippen molar-refractivity contribution in [1.82, 2.24) is 15.1 Å². The first-order chi connectivity index (χ1) is 14.5. The molecule has 0 bridgehead atoms. The Morgan fingerprint density at radius 1 is 1.10 bits per heavy atom. The van der Waals surface area contributed by atoms with Gasteiger partial charge in [0.2, 0.25) is 5.91 Å². The van der Waals surface area contributed by atoms with Gasteiger partial charge >= 0.3 is 0 Å². The molecule has 0 spiro atoms. The molecule has 0 atom stereocenters. The van der Waals surface area contributed by atoms with Gasteiger partial charge in [-0.1, -0.05) is 48.5 Å². The Labute approximate surface area is 178 Å². The number of hydrogen-bond donors (Lipinski definition) is 2. The van der Waals surface area contributed by atoms with Crippen molar-refractivity contribution in [2.75, 3.05) is 18.4 Å². The van der Waals surface area contributed by atoms with Crippen molar-refractivity contribution in [2.24, 2.45) is 7.05 Å². The van der Waals surface area contributed by atoms with Crippen LogP contribution in [0.2, 0.25) is 0 Å². The number of nitrogens with one attached hydrogen (secondary N) is 2. The zero-order chi connectivity index (χ0) is 21.1. The lowest BCUT2D eigenvalue weighted by atomic mass is 9.88. The first kappa shape index (κ1) is 20.4. The summed E-state index contributed by atoms with van der Waals surface area (Å²) in [6.45, 7) is 6.07. The molecule has 2 N–H and O–H groups in total. The average Bonchev–Trinajstić information content (AvgIpc) is 3.01. The Bertz CT molecular complexity index is 1030. The molecule has 3 aromatic rings. The van der Waals surface area contributed by atoms with E-state index in [1.807, 2.05) is 20.9 Å². The van der Waals surface area contributed by atoms with E-state index in [4.69, 9.17) is 0 Å². The smallest absolute Gasteiger partial charge is 0.228 e. The molecule has 1 aliphatic rings. The van der Waals surface area contributed by atoms with E-state index in [2.05, 4.69) is 64.3 Å². The highest BCUT2D eigenvalue weighted by Crippen LogP contribution is 2.29. The molecule has 1 aromatic heterocycles. The Morgan fingerprint density at radius 2 is 1.83 bits per heavy atom. The summed E-state index contributed by atoms with van der Waals surface area (Å²) in [4.78, 5) is 12.5. The summed E-state index contributed by atoms with van der Waals surface area (Å²) < 4.78 is 1.79. The van der Waals surface area contributed by atoms with Gasteiger partial charge in [-0.3, -0.25) is 9.48 Å². The maximum atomic E-state index is 12.5. The van der Waals surface area contributed by atoms with Gasteiger partial charge in [0, 0.05) is 7.05 Å². The Balaban J connectivity index is 1.43. The number of aryl methyl sites for hydroxylation is 2. The molecule has 0 radical (unpaired) electrons. The quantitative estimate of drug-likeness (QED) is 0.667. The number of hydrogen-bond acceptors (Lipinski definition) is 3. The minimum absolute atomic E-state index is 0.0187. The van der Waals surface area contributed by atoms with Gasteiger partial charge in [0.05, 0.1) is 23.5 Å². The second-order valence-corrected chi connectivity index (χ2v) is 8.24. The standard InChI is InChI=1S/C25H30N4O/c1-17-25(18(2)29(3)28-17)27-24(30)15-19-7-9-20(10-8-19)22-5-4-6-23(16-22)21-11-13-26-14-12-21/h4-10,16,21,26H,11-15H2,1-3H3,(H,27,30). The van der Waals surface area contributed by atoms with Gasteiger partial charge in [-0.05, 0) is 68.0 Å². The van der Waals surface area contributed by atoms with E-state index in [9.17, 15) is 4.79 Å². The highest BCUT2D eigenvalue weighted by atomic mass is 16.1. The van der Waals surface area contributed by atoms with Gasteiger partial charge < -0.3 is 10.6 Å². The van der Waals surface area contributed by atoms with Gasteiger partial charge in [0.15, 0.2) is 0 Å². The summed E-state index contributed by atoms with van der Waals surface area (Å²) in [6, 6.07) is 17.2. The van der Waals surface area contributed by atoms with Crippen molar-refractivity contribution >= 4 is 11.6 Å². The van der Waals surface area contributed by atoms with Crippen LogP contribution in [0, 0.1) is 13.8 Å². The molecule has 1 aliphatic heterocycles. The molecule has 30 heavy (non-hydrogen) atoms. The van der Waals surface area contributed by atoms with Crippen LogP contribution in [0.3, 0.4) is 0 Å². The Morgan fingerprint density at radius 3 is 2.50 bits per heavy atom. The molecule has 2 aromatic carbocycles. The number of rotatable bonds is 5. The third-order valence-corrected chi connectivity index (χ3v) is 6.12. The molecule has 2 heterocycles. The van der Waals surface area contributed by atoms with Crippen molar-refractivity contribution < 1.29 is 4.79 Å². The topological polar surface area (TPSA) is 59.0 Å². The number of nitrogens with zero attached hydrogens (tertiary/aromatic N) is 2. The normalized spacial score (nSPS) is 14.6. The number of carbonyl (C=O) groups excluding carboxylic acids is 1. The fraction of sp³-hybridized carbons (Fsp3) is 0.360. The molecule has 1 fully saturated rings. The predicted octanol–water partition coefficient (Wildman–Crippen LogP) is 4.35. The lowest BCUT2D eigenvalue weighted by molar-refractivity contribution is -0.115. The zero-order valence-corrected chi connectivity index (χ0v) is 18.0. The van der Waals surface area contributed by atoms with Crippen molar-refractivity contribution in [3.8, 4) is 11.1 Å². The first-order valence-electron chi connectivity index (χ1n) is 10.7. The van der Waals surface area contributed by atoms with Crippen LogP contribution in [0.15, 0.2) is 48.5 Å². The summed E-state index contributed by atoms with van der Waals surface area (Å²) in [5, 5.41) is 10.8. The summed E-state index contributed by atoms with van der Waals surface area (Å²) in [7, 11) is 1.89. The van der Waals surface area contributed by atoms with Crippen molar-refractivity contribution in [3.05, 3.63) is 71.0 Å². The van der Waals surface area contributed by atoms with E-state index in [1.54, 1.807) is 4.68 Å². The molecule has 0 unspecified atom stereocenters. The minimum Gasteiger partial charge on any atom is -0.323 e. The predicted molar refractivity (Wildman–Crippen MR) is 122 cm³/mol. The number of aromatic nitrogens is 2. The van der Waals surface area contributed by atoms with Crippen LogP contribution in [0.4, 0.5) is 5.69 Å². The summed E-state index contributed by atoms with van der Waals surface area (Å²) in [6.07, 6.45) is 2.75. The molecular formula is C25H30N4O. The third-order valence-electron chi connectivity index (χ3n) is 6.12. The lowest BCUT2D eigenvalue weighted by Gasteiger charge is -2.23. The minimum atomic E-state index is -0.0187. The molecular weight excluding hydrogens is 372 g/mol. The third kappa shape index (κ3) is 4.46. The summed E-state index contributed by atoms with van der Waals surface area (Å²) >= 11 is 0. The number of amides is 1. The fourth-order valence-electron chi connectivity index (χ4n) is 4.27. The van der Waals surface area contributed by atoms with E-state index >= 15 is 0 Å². The van der Waals surface area contributed by atoms with Crippen molar-refractivity contribution in [3.63, 3.8) is 0 Å². The van der Waals surface area contributed by atoms with Crippen molar-refractivity contribution in [2.45, 2.75) is 39.0 Å². The fourth-order valence-corrected chi connectivity index (χ4v) is 4.27. The van der Waals surface area contributed by atoms with Crippen LogP contribution < -0.4 is 10.6 Å². The van der Waals surface area contributed by atoms with E-state index < -0.39 is 0 Å². The monoisotopic (exact) mass is 402 g/mol. The molecule has 0 saturated carbocycles. The number of carbonyl (C=O) groups is 1. The molecule has 156 valence electrons.